The molecule has 1 aromatic rings. The molecule has 1 saturated heterocycles. The zero-order valence-corrected chi connectivity index (χ0v) is 10.7. The summed E-state index contributed by atoms with van der Waals surface area (Å²) in [6.07, 6.45) is 0. The molecule has 1 fully saturated rings. The van der Waals surface area contributed by atoms with Crippen molar-refractivity contribution in [2.75, 3.05) is 19.6 Å². The maximum Gasteiger partial charge on any atom is 0.308 e. The van der Waals surface area contributed by atoms with E-state index in [0.717, 1.165) is 0 Å². The molecule has 1 amide bonds. The molecular weight excluding hydrogens is 272 g/mol. The first-order valence-corrected chi connectivity index (χ1v) is 6.06. The van der Waals surface area contributed by atoms with E-state index >= 15 is 0 Å². The molecule has 0 aromatic heterocycles. The van der Waals surface area contributed by atoms with Crippen molar-refractivity contribution in [3.63, 3.8) is 0 Å². The Kier molecular flexibility index (Phi) is 3.93. The van der Waals surface area contributed by atoms with E-state index in [0.29, 0.717) is 31.8 Å². The minimum atomic E-state index is -1.30. The van der Waals surface area contributed by atoms with Crippen molar-refractivity contribution < 1.29 is 18.5 Å². The lowest BCUT2D eigenvalue weighted by Gasteiger charge is -2.31. The van der Waals surface area contributed by atoms with E-state index in [4.69, 9.17) is 0 Å². The predicted octanol–water partition coefficient (Wildman–Crippen LogP) is 1.31. The average molecular weight is 285 g/mol. The van der Waals surface area contributed by atoms with E-state index in [1.54, 1.807) is 0 Å². The van der Waals surface area contributed by atoms with Gasteiger partial charge in [0.15, 0.2) is 0 Å². The van der Waals surface area contributed by atoms with Gasteiger partial charge < -0.3 is 10.2 Å². The Morgan fingerprint density at radius 2 is 2.20 bits per heavy atom. The van der Waals surface area contributed by atoms with Crippen LogP contribution >= 0.6 is 0 Å². The minimum Gasteiger partial charge on any atom is -0.336 e. The first kappa shape index (κ1) is 14.3. The molecule has 20 heavy (non-hydrogen) atoms. The molecule has 6 nitrogen and oxygen atoms in total. The van der Waals surface area contributed by atoms with E-state index in [1.165, 1.54) is 4.90 Å². The van der Waals surface area contributed by atoms with Gasteiger partial charge in [0.2, 0.25) is 5.82 Å². The number of nitro benzene ring substituents is 1. The normalized spacial score (nSPS) is 18.9. The maximum atomic E-state index is 13.9. The number of amides is 1. The SMILES string of the molecule is CC1CN(C(=O)c2cc(F)cc([N+](=O)[O-])c2F)CCN1. The van der Waals surface area contributed by atoms with Gasteiger partial charge in [-0.05, 0) is 13.0 Å². The molecule has 2 rings (SSSR count). The van der Waals surface area contributed by atoms with Crippen LogP contribution in [-0.4, -0.2) is 41.4 Å². The standard InChI is InChI=1S/C12H13F2N3O3/c1-7-6-16(3-2-15-7)12(18)9-4-8(13)5-10(11(9)14)17(19)20/h4-5,7,15H,2-3,6H2,1H3. The van der Waals surface area contributed by atoms with Gasteiger partial charge in [-0.3, -0.25) is 14.9 Å². The molecule has 0 bridgehead atoms. The lowest BCUT2D eigenvalue weighted by atomic mass is 10.1. The number of nitrogens with zero attached hydrogens (tertiary/aromatic N) is 2. The van der Waals surface area contributed by atoms with E-state index in [-0.39, 0.29) is 6.04 Å². The van der Waals surface area contributed by atoms with E-state index in [1.807, 2.05) is 6.92 Å². The Labute approximate surface area is 113 Å². The van der Waals surface area contributed by atoms with Crippen LogP contribution in [0.25, 0.3) is 0 Å². The molecule has 1 aliphatic heterocycles. The third-order valence-corrected chi connectivity index (χ3v) is 3.10. The predicted molar refractivity (Wildman–Crippen MR) is 66.4 cm³/mol. The van der Waals surface area contributed by atoms with Gasteiger partial charge >= 0.3 is 5.69 Å². The molecule has 1 atom stereocenters. The maximum absolute atomic E-state index is 13.9. The Balaban J connectivity index is 2.36. The lowest BCUT2D eigenvalue weighted by Crippen LogP contribution is -2.51. The monoisotopic (exact) mass is 285 g/mol. The fourth-order valence-corrected chi connectivity index (χ4v) is 2.15. The second-order valence-corrected chi connectivity index (χ2v) is 4.65. The summed E-state index contributed by atoms with van der Waals surface area (Å²) >= 11 is 0. The number of piperazine rings is 1. The zero-order chi connectivity index (χ0) is 14.9. The first-order chi connectivity index (χ1) is 9.40. The summed E-state index contributed by atoms with van der Waals surface area (Å²) in [5.74, 6) is -3.05. The summed E-state index contributed by atoms with van der Waals surface area (Å²) < 4.78 is 27.3. The molecule has 8 heteroatoms. The molecule has 0 saturated carbocycles. The Bertz CT molecular complexity index is 565. The van der Waals surface area contributed by atoms with Crippen LogP contribution in [0.4, 0.5) is 14.5 Å². The van der Waals surface area contributed by atoms with Crippen LogP contribution in [-0.2, 0) is 0 Å². The highest BCUT2D eigenvalue weighted by Gasteiger charge is 2.29. The Hall–Kier alpha value is -2.09. The Morgan fingerprint density at radius 1 is 1.50 bits per heavy atom. The van der Waals surface area contributed by atoms with Crippen LogP contribution in [0.15, 0.2) is 12.1 Å². The smallest absolute Gasteiger partial charge is 0.308 e. The lowest BCUT2D eigenvalue weighted by molar-refractivity contribution is -0.387. The molecule has 1 unspecified atom stereocenters. The fraction of sp³-hybridized carbons (Fsp3) is 0.417. The topological polar surface area (TPSA) is 75.5 Å². The molecule has 1 N–H and O–H groups in total. The number of nitro groups is 1. The number of halogens is 2. The minimum absolute atomic E-state index is 0.0271. The largest absolute Gasteiger partial charge is 0.336 e. The van der Waals surface area contributed by atoms with E-state index in [2.05, 4.69) is 5.32 Å². The molecule has 1 aromatic carbocycles. The van der Waals surface area contributed by atoms with Crippen LogP contribution < -0.4 is 5.32 Å². The zero-order valence-electron chi connectivity index (χ0n) is 10.7. The molecule has 0 radical (unpaired) electrons. The highest BCUT2D eigenvalue weighted by molar-refractivity contribution is 5.95. The molecule has 108 valence electrons. The van der Waals surface area contributed by atoms with Crippen molar-refractivity contribution in [1.29, 1.82) is 0 Å². The van der Waals surface area contributed by atoms with Crippen molar-refractivity contribution in [1.82, 2.24) is 10.2 Å². The summed E-state index contributed by atoms with van der Waals surface area (Å²) in [7, 11) is 0. The van der Waals surface area contributed by atoms with Gasteiger partial charge in [0.1, 0.15) is 5.82 Å². The van der Waals surface area contributed by atoms with Crippen LogP contribution in [0.5, 0.6) is 0 Å². The van der Waals surface area contributed by atoms with E-state index < -0.39 is 33.7 Å². The highest BCUT2D eigenvalue weighted by Crippen LogP contribution is 2.23. The number of nitrogens with one attached hydrogen (secondary N) is 1. The third-order valence-electron chi connectivity index (χ3n) is 3.10. The van der Waals surface area contributed by atoms with Gasteiger partial charge in [0, 0.05) is 25.7 Å². The van der Waals surface area contributed by atoms with E-state index in [9.17, 15) is 23.7 Å². The van der Waals surface area contributed by atoms with Gasteiger partial charge in [-0.2, -0.15) is 4.39 Å². The van der Waals surface area contributed by atoms with Crippen LogP contribution in [0, 0.1) is 21.7 Å². The number of hydrogen-bond donors (Lipinski definition) is 1. The quantitative estimate of drug-likeness (QED) is 0.656. The number of carbonyl (C=O) groups is 1. The van der Waals surface area contributed by atoms with Crippen molar-refractivity contribution in [2.24, 2.45) is 0 Å². The Morgan fingerprint density at radius 3 is 2.80 bits per heavy atom. The van der Waals surface area contributed by atoms with Gasteiger partial charge in [-0.15, -0.1) is 0 Å². The molecule has 0 spiro atoms. The van der Waals surface area contributed by atoms with Crippen LogP contribution in [0.2, 0.25) is 0 Å². The van der Waals surface area contributed by atoms with Crippen molar-refractivity contribution in [3.8, 4) is 0 Å². The van der Waals surface area contributed by atoms with Crippen LogP contribution in [0.1, 0.15) is 17.3 Å². The average Bonchev–Trinajstić information content (AvgIpc) is 2.40. The summed E-state index contributed by atoms with van der Waals surface area (Å²) in [5.41, 5.74) is -1.64. The third kappa shape index (κ3) is 2.74. The van der Waals surface area contributed by atoms with Gasteiger partial charge in [-0.25, -0.2) is 4.39 Å². The second kappa shape index (κ2) is 5.49. The molecule has 1 heterocycles. The van der Waals surface area contributed by atoms with Crippen LogP contribution in [0.3, 0.4) is 0 Å². The van der Waals surface area contributed by atoms with Gasteiger partial charge in [0.05, 0.1) is 16.6 Å². The highest BCUT2D eigenvalue weighted by atomic mass is 19.1. The van der Waals surface area contributed by atoms with Crippen molar-refractivity contribution in [3.05, 3.63) is 39.4 Å². The fourth-order valence-electron chi connectivity index (χ4n) is 2.15. The number of hydrogen-bond acceptors (Lipinski definition) is 4. The number of rotatable bonds is 2. The van der Waals surface area contributed by atoms with Gasteiger partial charge in [-0.1, -0.05) is 0 Å². The summed E-state index contributed by atoms with van der Waals surface area (Å²) in [6, 6.07) is 1.18. The molecule has 1 aliphatic rings. The summed E-state index contributed by atoms with van der Waals surface area (Å²) in [6.45, 7) is 3.06. The summed E-state index contributed by atoms with van der Waals surface area (Å²) in [5, 5.41) is 13.7. The first-order valence-electron chi connectivity index (χ1n) is 6.06. The molecular formula is C12H13F2N3O3. The van der Waals surface area contributed by atoms with Crippen molar-refractivity contribution >= 4 is 11.6 Å². The number of benzene rings is 1. The summed E-state index contributed by atoms with van der Waals surface area (Å²) in [4.78, 5) is 23.1. The number of carbonyl (C=O) groups excluding carboxylic acids is 1. The molecule has 0 aliphatic carbocycles. The van der Waals surface area contributed by atoms with Crippen molar-refractivity contribution in [2.45, 2.75) is 13.0 Å². The van der Waals surface area contributed by atoms with Gasteiger partial charge in [0.25, 0.3) is 5.91 Å². The second-order valence-electron chi connectivity index (χ2n) is 4.65.